The van der Waals surface area contributed by atoms with Gasteiger partial charge in [-0.25, -0.2) is 0 Å². The van der Waals surface area contributed by atoms with Crippen LogP contribution in [0.2, 0.25) is 0 Å². The number of carbonyl (C=O) groups is 2. The maximum Gasteiger partial charge on any atom is 0.258 e. The van der Waals surface area contributed by atoms with E-state index in [0.29, 0.717) is 24.3 Å². The van der Waals surface area contributed by atoms with E-state index in [-0.39, 0.29) is 24.5 Å². The van der Waals surface area contributed by atoms with Crippen molar-refractivity contribution in [3.8, 4) is 11.8 Å². The maximum atomic E-state index is 11.6. The molecule has 1 atom stereocenters. The van der Waals surface area contributed by atoms with Gasteiger partial charge in [-0.2, -0.15) is 5.26 Å². The third-order valence-electron chi connectivity index (χ3n) is 2.71. The highest BCUT2D eigenvalue weighted by Crippen LogP contribution is 2.16. The Balaban J connectivity index is 1.83. The normalized spacial score (nSPS) is 17.4. The van der Waals surface area contributed by atoms with E-state index < -0.39 is 0 Å². The summed E-state index contributed by atoms with van der Waals surface area (Å²) in [5.74, 6) is -0.00365. The Bertz CT molecular complexity index is 536. The number of para-hydroxylation sites is 1. The third-order valence-corrected chi connectivity index (χ3v) is 2.71. The van der Waals surface area contributed by atoms with E-state index in [9.17, 15) is 9.59 Å². The van der Waals surface area contributed by atoms with Gasteiger partial charge in [-0.05, 0) is 12.1 Å². The first-order valence-corrected chi connectivity index (χ1v) is 5.87. The van der Waals surface area contributed by atoms with E-state index in [4.69, 9.17) is 10.00 Å². The van der Waals surface area contributed by atoms with Gasteiger partial charge >= 0.3 is 0 Å². The smallest absolute Gasteiger partial charge is 0.258 e. The summed E-state index contributed by atoms with van der Waals surface area (Å²) in [6.07, 6.45) is 0.292. The molecule has 6 nitrogen and oxygen atoms in total. The molecule has 0 spiro atoms. The van der Waals surface area contributed by atoms with Crippen LogP contribution in [-0.4, -0.2) is 31.0 Å². The van der Waals surface area contributed by atoms with Crippen molar-refractivity contribution in [2.45, 2.75) is 12.5 Å². The molecule has 0 saturated carbocycles. The van der Waals surface area contributed by atoms with Gasteiger partial charge < -0.3 is 15.4 Å². The van der Waals surface area contributed by atoms with Crippen LogP contribution in [0.3, 0.4) is 0 Å². The fourth-order valence-electron chi connectivity index (χ4n) is 1.80. The first-order chi connectivity index (χ1) is 9.19. The summed E-state index contributed by atoms with van der Waals surface area (Å²) in [5, 5.41) is 14.2. The molecule has 1 aliphatic heterocycles. The summed E-state index contributed by atoms with van der Waals surface area (Å²) in [5.41, 5.74) is 0.382. The van der Waals surface area contributed by atoms with E-state index in [2.05, 4.69) is 10.6 Å². The number of ether oxygens (including phenoxy) is 1. The minimum absolute atomic E-state index is 0.0685. The van der Waals surface area contributed by atoms with Gasteiger partial charge in [0, 0.05) is 13.0 Å². The quantitative estimate of drug-likeness (QED) is 0.792. The molecule has 6 heteroatoms. The van der Waals surface area contributed by atoms with Crippen molar-refractivity contribution in [3.05, 3.63) is 29.8 Å². The molecule has 1 unspecified atom stereocenters. The molecule has 2 amide bonds. The number of hydrogen-bond acceptors (Lipinski definition) is 4. The second-order valence-electron chi connectivity index (χ2n) is 4.17. The Morgan fingerprint density at radius 2 is 2.32 bits per heavy atom. The van der Waals surface area contributed by atoms with Crippen molar-refractivity contribution in [2.75, 3.05) is 13.2 Å². The third kappa shape index (κ3) is 3.45. The standard InChI is InChI=1S/C13H13N3O3/c14-6-9-3-1-2-4-11(9)19-8-13(18)16-10-5-12(17)15-7-10/h1-4,10H,5,7-8H2,(H,15,17)(H,16,18). The molecule has 19 heavy (non-hydrogen) atoms. The summed E-state index contributed by atoms with van der Waals surface area (Å²) in [6.45, 7) is 0.267. The molecule has 0 aromatic heterocycles. The summed E-state index contributed by atoms with van der Waals surface area (Å²) in [4.78, 5) is 22.6. The summed E-state index contributed by atoms with van der Waals surface area (Å²) >= 11 is 0. The van der Waals surface area contributed by atoms with E-state index in [1.165, 1.54) is 0 Å². The van der Waals surface area contributed by atoms with Gasteiger partial charge in [-0.1, -0.05) is 12.1 Å². The van der Waals surface area contributed by atoms with Crippen LogP contribution >= 0.6 is 0 Å². The molecule has 2 rings (SSSR count). The summed E-state index contributed by atoms with van der Waals surface area (Å²) in [7, 11) is 0. The number of benzene rings is 1. The molecule has 98 valence electrons. The van der Waals surface area contributed by atoms with Gasteiger partial charge in [0.2, 0.25) is 5.91 Å². The molecule has 0 aliphatic carbocycles. The highest BCUT2D eigenvalue weighted by Gasteiger charge is 2.22. The molecule has 1 saturated heterocycles. The molecule has 1 aliphatic rings. The lowest BCUT2D eigenvalue weighted by Gasteiger charge is -2.11. The van der Waals surface area contributed by atoms with Crippen LogP contribution in [0.15, 0.2) is 24.3 Å². The van der Waals surface area contributed by atoms with Crippen molar-refractivity contribution >= 4 is 11.8 Å². The van der Waals surface area contributed by atoms with Crippen molar-refractivity contribution in [1.82, 2.24) is 10.6 Å². The van der Waals surface area contributed by atoms with E-state index >= 15 is 0 Å². The zero-order valence-electron chi connectivity index (χ0n) is 10.2. The minimum Gasteiger partial charge on any atom is -0.482 e. The average Bonchev–Trinajstić information content (AvgIpc) is 2.82. The molecule has 0 bridgehead atoms. The maximum absolute atomic E-state index is 11.6. The fourth-order valence-corrected chi connectivity index (χ4v) is 1.80. The van der Waals surface area contributed by atoms with E-state index in [0.717, 1.165) is 0 Å². The molecular formula is C13H13N3O3. The van der Waals surface area contributed by atoms with Crippen LogP contribution in [0, 0.1) is 11.3 Å². The molecule has 1 heterocycles. The fraction of sp³-hybridized carbons (Fsp3) is 0.308. The van der Waals surface area contributed by atoms with Gasteiger partial charge in [0.05, 0.1) is 11.6 Å². The van der Waals surface area contributed by atoms with Crippen LogP contribution in [0.4, 0.5) is 0 Å². The lowest BCUT2D eigenvalue weighted by Crippen LogP contribution is -2.39. The van der Waals surface area contributed by atoms with Crippen LogP contribution in [0.1, 0.15) is 12.0 Å². The zero-order valence-corrected chi connectivity index (χ0v) is 10.2. The summed E-state index contributed by atoms with van der Waals surface area (Å²) < 4.78 is 5.29. The topological polar surface area (TPSA) is 91.2 Å². The van der Waals surface area contributed by atoms with Gasteiger partial charge in [-0.3, -0.25) is 9.59 Å². The van der Waals surface area contributed by atoms with Gasteiger partial charge in [0.15, 0.2) is 6.61 Å². The molecule has 2 N–H and O–H groups in total. The molecule has 1 aromatic rings. The second kappa shape index (κ2) is 5.87. The van der Waals surface area contributed by atoms with E-state index in [1.54, 1.807) is 24.3 Å². The molecule has 0 radical (unpaired) electrons. The molecule has 1 fully saturated rings. The van der Waals surface area contributed by atoms with Crippen LogP contribution < -0.4 is 15.4 Å². The number of amides is 2. The van der Waals surface area contributed by atoms with Crippen molar-refractivity contribution in [2.24, 2.45) is 0 Å². The highest BCUT2D eigenvalue weighted by atomic mass is 16.5. The first-order valence-electron chi connectivity index (χ1n) is 5.87. The summed E-state index contributed by atoms with van der Waals surface area (Å²) in [6, 6.07) is 8.50. The molecule has 1 aromatic carbocycles. The number of carbonyl (C=O) groups excluding carboxylic acids is 2. The Morgan fingerprint density at radius 1 is 1.53 bits per heavy atom. The Labute approximate surface area is 110 Å². The monoisotopic (exact) mass is 259 g/mol. The largest absolute Gasteiger partial charge is 0.482 e. The lowest BCUT2D eigenvalue weighted by molar-refractivity contribution is -0.123. The predicted molar refractivity (Wildman–Crippen MR) is 66.2 cm³/mol. The highest BCUT2D eigenvalue weighted by molar-refractivity contribution is 5.82. The van der Waals surface area contributed by atoms with Crippen LogP contribution in [0.25, 0.3) is 0 Å². The van der Waals surface area contributed by atoms with Gasteiger partial charge in [0.25, 0.3) is 5.91 Å². The number of hydrogen-bond donors (Lipinski definition) is 2. The van der Waals surface area contributed by atoms with Crippen molar-refractivity contribution in [3.63, 3.8) is 0 Å². The number of nitriles is 1. The average molecular weight is 259 g/mol. The number of nitrogens with one attached hydrogen (secondary N) is 2. The van der Waals surface area contributed by atoms with Crippen LogP contribution in [-0.2, 0) is 9.59 Å². The SMILES string of the molecule is N#Cc1ccccc1OCC(=O)NC1CNC(=O)C1. The Kier molecular flexibility index (Phi) is 3.98. The van der Waals surface area contributed by atoms with Crippen molar-refractivity contribution < 1.29 is 14.3 Å². The zero-order chi connectivity index (χ0) is 13.7. The predicted octanol–water partition coefficient (Wildman–Crippen LogP) is -0.0582. The lowest BCUT2D eigenvalue weighted by atomic mass is 10.2. The van der Waals surface area contributed by atoms with Crippen molar-refractivity contribution in [1.29, 1.82) is 5.26 Å². The number of nitrogens with zero attached hydrogens (tertiary/aromatic N) is 1. The van der Waals surface area contributed by atoms with E-state index in [1.807, 2.05) is 6.07 Å². The first kappa shape index (κ1) is 12.9. The Morgan fingerprint density at radius 3 is 3.00 bits per heavy atom. The minimum atomic E-state index is -0.311. The van der Waals surface area contributed by atoms with Gasteiger partial charge in [0.1, 0.15) is 11.8 Å². The second-order valence-corrected chi connectivity index (χ2v) is 4.17. The molecular weight excluding hydrogens is 246 g/mol. The van der Waals surface area contributed by atoms with Crippen LogP contribution in [0.5, 0.6) is 5.75 Å². The number of rotatable bonds is 4. The van der Waals surface area contributed by atoms with Gasteiger partial charge in [-0.15, -0.1) is 0 Å². The Hall–Kier alpha value is -2.55.